The fourth-order valence-electron chi connectivity index (χ4n) is 1.90. The molecule has 0 spiro atoms. The molecule has 0 bridgehead atoms. The van der Waals surface area contributed by atoms with Gasteiger partial charge in [-0.1, -0.05) is 0 Å². The molecule has 0 radical (unpaired) electrons. The Morgan fingerprint density at radius 2 is 1.74 bits per heavy atom. The van der Waals surface area contributed by atoms with E-state index in [1.807, 2.05) is 0 Å². The van der Waals surface area contributed by atoms with Crippen molar-refractivity contribution < 1.29 is 26.5 Å². The molecule has 108 valence electrons. The Hall–Kier alpha value is -1.42. The van der Waals surface area contributed by atoms with E-state index in [2.05, 4.69) is 0 Å². The predicted octanol–water partition coefficient (Wildman–Crippen LogP) is -0.133. The maximum Gasteiger partial charge on any atom is 0.283 e. The lowest BCUT2D eigenvalue weighted by Crippen LogP contribution is -2.48. The van der Waals surface area contributed by atoms with Crippen LogP contribution in [0.4, 0.5) is 0 Å². The molecular weight excluding hydrogens is 298 g/mol. The first kappa shape index (κ1) is 15.6. The summed E-state index contributed by atoms with van der Waals surface area (Å²) >= 11 is 0. The lowest BCUT2D eigenvalue weighted by Gasteiger charge is -2.27. The zero-order chi connectivity index (χ0) is 15.1. The highest BCUT2D eigenvalue weighted by molar-refractivity contribution is 8.10. The highest BCUT2D eigenvalue weighted by Gasteiger charge is 2.60. The van der Waals surface area contributed by atoms with Crippen LogP contribution in [0.2, 0.25) is 0 Å². The minimum atomic E-state index is -4.34. The monoisotopic (exact) mass is 311 g/mol. The van der Waals surface area contributed by atoms with Crippen LogP contribution < -0.4 is 0 Å². The van der Waals surface area contributed by atoms with Crippen molar-refractivity contribution in [3.63, 3.8) is 0 Å². The molecule has 0 N–H and O–H groups in total. The van der Waals surface area contributed by atoms with Crippen molar-refractivity contribution in [1.29, 1.82) is 0 Å². The second-order valence-corrected chi connectivity index (χ2v) is 8.71. The largest absolute Gasteiger partial charge is 0.501 e. The quantitative estimate of drug-likeness (QED) is 0.523. The van der Waals surface area contributed by atoms with Gasteiger partial charge in [0.2, 0.25) is 0 Å². The number of hydrogen-bond acceptors (Lipinski definition) is 7. The SMILES string of the molecule is COC1=CC(S(C)(=O)=O)(S(C)(=O)=O)C([N+](=O)[O-])=CC1. The average Bonchev–Trinajstić information content (AvgIpc) is 2.24. The van der Waals surface area contributed by atoms with Crippen LogP contribution in [0.1, 0.15) is 6.42 Å². The lowest BCUT2D eigenvalue weighted by molar-refractivity contribution is -0.428. The van der Waals surface area contributed by atoms with Crippen LogP contribution in [0.25, 0.3) is 0 Å². The maximum atomic E-state index is 11.9. The average molecular weight is 311 g/mol. The third-order valence-corrected chi connectivity index (χ3v) is 7.44. The van der Waals surface area contributed by atoms with Crippen molar-refractivity contribution in [1.82, 2.24) is 0 Å². The molecule has 0 heterocycles. The summed E-state index contributed by atoms with van der Waals surface area (Å²) in [7, 11) is -7.45. The van der Waals surface area contributed by atoms with Gasteiger partial charge in [0.1, 0.15) is 0 Å². The van der Waals surface area contributed by atoms with E-state index in [0.29, 0.717) is 12.5 Å². The van der Waals surface area contributed by atoms with Crippen LogP contribution in [-0.2, 0) is 24.4 Å². The molecule has 8 nitrogen and oxygen atoms in total. The van der Waals surface area contributed by atoms with Crippen molar-refractivity contribution in [3.8, 4) is 0 Å². The second-order valence-electron chi connectivity index (χ2n) is 4.08. The normalized spacial score (nSPS) is 19.3. The predicted molar refractivity (Wildman–Crippen MR) is 67.2 cm³/mol. The zero-order valence-electron chi connectivity index (χ0n) is 10.5. The fraction of sp³-hybridized carbons (Fsp3) is 0.556. The molecular formula is C9H13NO7S2. The van der Waals surface area contributed by atoms with E-state index in [9.17, 15) is 26.9 Å². The standard InChI is InChI=1S/C9H13NO7S2/c1-17-7-4-5-8(10(11)12)9(6-7,18(2,13)14)19(3,15)16/h5-6H,4H2,1-3H3. The van der Waals surface area contributed by atoms with Gasteiger partial charge in [0.15, 0.2) is 19.7 Å². The Morgan fingerprint density at radius 1 is 1.26 bits per heavy atom. The summed E-state index contributed by atoms with van der Waals surface area (Å²) in [6, 6.07) is 0. The van der Waals surface area contributed by atoms with Gasteiger partial charge in [-0.25, -0.2) is 16.8 Å². The summed E-state index contributed by atoms with van der Waals surface area (Å²) in [4.78, 5) is 10.0. The summed E-state index contributed by atoms with van der Waals surface area (Å²) in [6.45, 7) is 0. The van der Waals surface area contributed by atoms with Crippen LogP contribution in [0, 0.1) is 10.1 Å². The molecule has 0 atom stereocenters. The summed E-state index contributed by atoms with van der Waals surface area (Å²) in [5.74, 6) is 0.0430. The van der Waals surface area contributed by atoms with Gasteiger partial charge in [0.05, 0.1) is 17.8 Å². The molecule has 0 aliphatic heterocycles. The minimum Gasteiger partial charge on any atom is -0.501 e. The molecule has 0 unspecified atom stereocenters. The van der Waals surface area contributed by atoms with Crippen molar-refractivity contribution in [2.24, 2.45) is 0 Å². The van der Waals surface area contributed by atoms with Gasteiger partial charge in [-0.15, -0.1) is 0 Å². The summed E-state index contributed by atoms with van der Waals surface area (Å²) in [6.07, 6.45) is 2.97. The van der Waals surface area contributed by atoms with Gasteiger partial charge in [0, 0.05) is 25.0 Å². The highest BCUT2D eigenvalue weighted by Crippen LogP contribution is 2.39. The first-order chi connectivity index (χ1) is 8.47. The molecule has 0 fully saturated rings. The molecule has 0 saturated carbocycles. The van der Waals surface area contributed by atoms with Crippen LogP contribution in [0.5, 0.6) is 0 Å². The van der Waals surface area contributed by atoms with E-state index in [0.717, 1.165) is 12.2 Å². The number of methoxy groups -OCH3 is 1. The Labute approximate surface area is 110 Å². The number of hydrogen-bond donors (Lipinski definition) is 0. The van der Waals surface area contributed by atoms with E-state index in [1.54, 1.807) is 0 Å². The second kappa shape index (κ2) is 4.60. The Kier molecular flexibility index (Phi) is 3.79. The Balaban J connectivity index is 3.84. The van der Waals surface area contributed by atoms with Crippen molar-refractivity contribution in [2.75, 3.05) is 19.6 Å². The number of nitro groups is 1. The minimum absolute atomic E-state index is 0.0421. The van der Waals surface area contributed by atoms with Crippen LogP contribution in [0.3, 0.4) is 0 Å². The van der Waals surface area contributed by atoms with Crippen LogP contribution >= 0.6 is 0 Å². The number of rotatable bonds is 4. The summed E-state index contributed by atoms with van der Waals surface area (Å²) < 4.78 is 49.7. The Bertz CT molecular complexity index is 637. The molecule has 1 aliphatic rings. The van der Waals surface area contributed by atoms with E-state index in [4.69, 9.17) is 4.74 Å². The maximum absolute atomic E-state index is 11.9. The molecule has 1 aliphatic carbocycles. The molecule has 19 heavy (non-hydrogen) atoms. The molecule has 0 saturated heterocycles. The third-order valence-electron chi connectivity index (χ3n) is 2.77. The van der Waals surface area contributed by atoms with E-state index in [-0.39, 0.29) is 12.2 Å². The first-order valence-corrected chi connectivity index (χ1v) is 8.75. The molecule has 10 heteroatoms. The number of nitrogens with zero attached hydrogens (tertiary/aromatic N) is 1. The summed E-state index contributed by atoms with van der Waals surface area (Å²) in [5, 5.41) is 11.0. The van der Waals surface area contributed by atoms with Gasteiger partial charge in [-0.3, -0.25) is 10.1 Å². The molecule has 0 aromatic heterocycles. The van der Waals surface area contributed by atoms with Gasteiger partial charge < -0.3 is 4.74 Å². The molecule has 0 aromatic rings. The van der Waals surface area contributed by atoms with E-state index >= 15 is 0 Å². The fourth-order valence-corrected chi connectivity index (χ4v) is 5.86. The lowest BCUT2D eigenvalue weighted by atomic mass is 10.1. The van der Waals surface area contributed by atoms with Gasteiger partial charge >= 0.3 is 0 Å². The number of ether oxygens (including phenoxy) is 1. The van der Waals surface area contributed by atoms with Gasteiger partial charge in [0.25, 0.3) is 9.78 Å². The van der Waals surface area contributed by atoms with Gasteiger partial charge in [-0.05, 0) is 6.08 Å². The highest BCUT2D eigenvalue weighted by atomic mass is 32.3. The molecule has 0 aromatic carbocycles. The van der Waals surface area contributed by atoms with Crippen molar-refractivity contribution in [3.05, 3.63) is 33.7 Å². The Morgan fingerprint density at radius 3 is 2.05 bits per heavy atom. The van der Waals surface area contributed by atoms with E-state index < -0.39 is 34.4 Å². The molecule has 1 rings (SSSR count). The van der Waals surface area contributed by atoms with Crippen LogP contribution in [0.15, 0.2) is 23.6 Å². The zero-order valence-corrected chi connectivity index (χ0v) is 12.1. The summed E-state index contributed by atoms with van der Waals surface area (Å²) in [5.41, 5.74) is -0.890. The van der Waals surface area contributed by atoms with Crippen LogP contribution in [-0.4, -0.2) is 45.5 Å². The number of sulfone groups is 2. The van der Waals surface area contributed by atoms with E-state index in [1.165, 1.54) is 7.11 Å². The topological polar surface area (TPSA) is 121 Å². The van der Waals surface area contributed by atoms with Gasteiger partial charge in [-0.2, -0.15) is 0 Å². The molecule has 0 amide bonds. The first-order valence-electron chi connectivity index (χ1n) is 4.97. The smallest absolute Gasteiger partial charge is 0.283 e. The van der Waals surface area contributed by atoms with Crippen molar-refractivity contribution in [2.45, 2.75) is 10.5 Å². The third kappa shape index (κ3) is 2.37. The van der Waals surface area contributed by atoms with Crippen molar-refractivity contribution >= 4 is 19.7 Å². The number of allylic oxidation sites excluding steroid dienone is 1.